The first-order valence-electron chi connectivity index (χ1n) is 4.01. The van der Waals surface area contributed by atoms with Crippen LogP contribution in [-0.4, -0.2) is 4.57 Å². The Bertz CT molecular complexity index is 388. The minimum absolute atomic E-state index is 0.858. The van der Waals surface area contributed by atoms with Crippen molar-refractivity contribution >= 4 is 16.7 Å². The number of fused-ring (bicyclic) bond motifs is 1. The highest BCUT2D eigenvalue weighted by molar-refractivity contribution is 5.88. The van der Waals surface area contributed by atoms with Crippen LogP contribution in [0.5, 0.6) is 0 Å². The van der Waals surface area contributed by atoms with Crippen molar-refractivity contribution in [1.82, 2.24) is 4.57 Å². The van der Waals surface area contributed by atoms with E-state index in [4.69, 9.17) is 5.73 Å². The summed E-state index contributed by atoms with van der Waals surface area (Å²) in [5.74, 6) is 0.858. The third kappa shape index (κ3) is 0.749. The fraction of sp³-hybridized carbons (Fsp3) is 0.200. The van der Waals surface area contributed by atoms with Crippen molar-refractivity contribution in [3.63, 3.8) is 0 Å². The van der Waals surface area contributed by atoms with E-state index < -0.39 is 0 Å². The summed E-state index contributed by atoms with van der Waals surface area (Å²) in [5.41, 5.74) is 8.25. The first-order chi connectivity index (χ1) is 5.72. The average molecular weight is 160 g/mol. The van der Waals surface area contributed by atoms with Crippen LogP contribution in [0.4, 0.5) is 5.82 Å². The molecule has 0 radical (unpaired) electrons. The van der Waals surface area contributed by atoms with Crippen molar-refractivity contribution in [2.45, 2.75) is 6.92 Å². The molecule has 1 aromatic carbocycles. The molecule has 2 aromatic rings. The van der Waals surface area contributed by atoms with Gasteiger partial charge in [0, 0.05) is 18.0 Å². The standard InChI is InChI=1S/C10H12N2/c1-7-8-5-3-4-6-9(8)12(2)10(7)11/h3-6H,11H2,1-2H3. The van der Waals surface area contributed by atoms with Gasteiger partial charge in [-0.1, -0.05) is 18.2 Å². The molecule has 0 amide bonds. The van der Waals surface area contributed by atoms with Crippen LogP contribution in [-0.2, 0) is 7.05 Å². The van der Waals surface area contributed by atoms with Gasteiger partial charge in [-0.2, -0.15) is 0 Å². The molecule has 0 saturated heterocycles. The Morgan fingerprint density at radius 2 is 1.92 bits per heavy atom. The fourth-order valence-corrected chi connectivity index (χ4v) is 1.60. The van der Waals surface area contributed by atoms with Crippen molar-refractivity contribution in [2.24, 2.45) is 7.05 Å². The summed E-state index contributed by atoms with van der Waals surface area (Å²) in [7, 11) is 1.99. The maximum absolute atomic E-state index is 5.88. The van der Waals surface area contributed by atoms with Crippen LogP contribution < -0.4 is 5.73 Å². The molecule has 0 saturated carbocycles. The van der Waals surface area contributed by atoms with E-state index in [1.54, 1.807) is 0 Å². The highest BCUT2D eigenvalue weighted by Gasteiger charge is 2.06. The third-order valence-corrected chi connectivity index (χ3v) is 2.41. The van der Waals surface area contributed by atoms with Gasteiger partial charge in [-0.3, -0.25) is 0 Å². The van der Waals surface area contributed by atoms with Gasteiger partial charge in [0.1, 0.15) is 5.82 Å². The number of para-hydroxylation sites is 1. The van der Waals surface area contributed by atoms with Crippen molar-refractivity contribution in [3.05, 3.63) is 29.8 Å². The maximum atomic E-state index is 5.88. The van der Waals surface area contributed by atoms with Crippen LogP contribution in [0.2, 0.25) is 0 Å². The molecule has 2 heteroatoms. The molecular weight excluding hydrogens is 148 g/mol. The van der Waals surface area contributed by atoms with Crippen LogP contribution in [0.25, 0.3) is 10.9 Å². The van der Waals surface area contributed by atoms with Gasteiger partial charge in [-0.25, -0.2) is 0 Å². The lowest BCUT2D eigenvalue weighted by atomic mass is 10.2. The van der Waals surface area contributed by atoms with E-state index in [0.717, 1.165) is 5.82 Å². The van der Waals surface area contributed by atoms with Gasteiger partial charge in [-0.05, 0) is 18.6 Å². The molecule has 0 aliphatic heterocycles. The van der Waals surface area contributed by atoms with E-state index in [0.29, 0.717) is 0 Å². The van der Waals surface area contributed by atoms with Crippen LogP contribution in [0.15, 0.2) is 24.3 Å². The second kappa shape index (κ2) is 2.27. The van der Waals surface area contributed by atoms with E-state index in [1.807, 2.05) is 23.7 Å². The molecule has 62 valence electrons. The van der Waals surface area contributed by atoms with E-state index in [1.165, 1.54) is 16.5 Å². The second-order valence-corrected chi connectivity index (χ2v) is 3.09. The molecule has 1 heterocycles. The van der Waals surface area contributed by atoms with Crippen molar-refractivity contribution in [1.29, 1.82) is 0 Å². The third-order valence-electron chi connectivity index (χ3n) is 2.41. The van der Waals surface area contributed by atoms with Crippen molar-refractivity contribution in [3.8, 4) is 0 Å². The van der Waals surface area contributed by atoms with Gasteiger partial charge in [0.05, 0.1) is 0 Å². The van der Waals surface area contributed by atoms with Crippen molar-refractivity contribution < 1.29 is 0 Å². The molecule has 2 rings (SSSR count). The second-order valence-electron chi connectivity index (χ2n) is 3.09. The smallest absolute Gasteiger partial charge is 0.107 e. The van der Waals surface area contributed by atoms with Gasteiger partial charge in [-0.15, -0.1) is 0 Å². The zero-order valence-corrected chi connectivity index (χ0v) is 7.33. The summed E-state index contributed by atoms with van der Waals surface area (Å²) < 4.78 is 2.02. The minimum atomic E-state index is 0.858. The summed E-state index contributed by atoms with van der Waals surface area (Å²) in [6, 6.07) is 8.25. The topological polar surface area (TPSA) is 30.9 Å². The first-order valence-corrected chi connectivity index (χ1v) is 4.01. The Morgan fingerprint density at radius 3 is 2.58 bits per heavy atom. The largest absolute Gasteiger partial charge is 0.385 e. The number of nitrogens with zero attached hydrogens (tertiary/aromatic N) is 1. The molecule has 0 bridgehead atoms. The molecule has 0 fully saturated rings. The van der Waals surface area contributed by atoms with Gasteiger partial charge in [0.2, 0.25) is 0 Å². The van der Waals surface area contributed by atoms with Crippen LogP contribution >= 0.6 is 0 Å². The van der Waals surface area contributed by atoms with Crippen LogP contribution in [0, 0.1) is 6.92 Å². The molecule has 0 spiro atoms. The van der Waals surface area contributed by atoms with Crippen LogP contribution in [0.1, 0.15) is 5.56 Å². The highest BCUT2D eigenvalue weighted by Crippen LogP contribution is 2.25. The lowest BCUT2D eigenvalue weighted by Gasteiger charge is -1.96. The molecule has 1 aromatic heterocycles. The average Bonchev–Trinajstić information content (AvgIpc) is 2.33. The summed E-state index contributed by atoms with van der Waals surface area (Å²) in [6.45, 7) is 2.05. The number of nitrogen functional groups attached to an aromatic ring is 1. The summed E-state index contributed by atoms with van der Waals surface area (Å²) >= 11 is 0. The van der Waals surface area contributed by atoms with E-state index in [9.17, 15) is 0 Å². The molecule has 12 heavy (non-hydrogen) atoms. The predicted octanol–water partition coefficient (Wildman–Crippen LogP) is 2.07. The molecule has 0 aliphatic carbocycles. The number of hydrogen-bond donors (Lipinski definition) is 1. The molecule has 2 nitrogen and oxygen atoms in total. The Labute approximate surface area is 71.6 Å². The molecule has 0 unspecified atom stereocenters. The normalized spacial score (nSPS) is 10.8. The Hall–Kier alpha value is -1.44. The molecule has 0 aliphatic rings. The van der Waals surface area contributed by atoms with Gasteiger partial charge >= 0.3 is 0 Å². The van der Waals surface area contributed by atoms with Gasteiger partial charge in [0.25, 0.3) is 0 Å². The Kier molecular flexibility index (Phi) is 1.37. The maximum Gasteiger partial charge on any atom is 0.107 e. The van der Waals surface area contributed by atoms with Crippen molar-refractivity contribution in [2.75, 3.05) is 5.73 Å². The molecule has 0 atom stereocenters. The van der Waals surface area contributed by atoms with Crippen LogP contribution in [0.3, 0.4) is 0 Å². The number of benzene rings is 1. The number of hydrogen-bond acceptors (Lipinski definition) is 1. The minimum Gasteiger partial charge on any atom is -0.385 e. The lowest BCUT2D eigenvalue weighted by Crippen LogP contribution is -1.95. The van der Waals surface area contributed by atoms with Gasteiger partial charge < -0.3 is 10.3 Å². The fourth-order valence-electron chi connectivity index (χ4n) is 1.60. The lowest BCUT2D eigenvalue weighted by molar-refractivity contribution is 0.979. The predicted molar refractivity (Wildman–Crippen MR) is 52.1 cm³/mol. The molecular formula is C10H12N2. The quantitative estimate of drug-likeness (QED) is 0.628. The summed E-state index contributed by atoms with van der Waals surface area (Å²) in [5, 5.41) is 1.25. The number of nitrogens with two attached hydrogens (primary N) is 1. The summed E-state index contributed by atoms with van der Waals surface area (Å²) in [6.07, 6.45) is 0. The Morgan fingerprint density at radius 1 is 1.25 bits per heavy atom. The zero-order valence-electron chi connectivity index (χ0n) is 7.33. The first kappa shape index (κ1) is 7.22. The van der Waals surface area contributed by atoms with E-state index in [2.05, 4.69) is 19.1 Å². The SMILES string of the molecule is Cc1c(N)n(C)c2ccccc12. The van der Waals surface area contributed by atoms with E-state index in [-0.39, 0.29) is 0 Å². The van der Waals surface area contributed by atoms with Gasteiger partial charge in [0.15, 0.2) is 0 Å². The number of anilines is 1. The number of aryl methyl sites for hydroxylation is 2. The molecule has 2 N–H and O–H groups in total. The number of aromatic nitrogens is 1. The highest BCUT2D eigenvalue weighted by atomic mass is 15.0. The Balaban J connectivity index is 2.99. The zero-order chi connectivity index (χ0) is 8.72. The van der Waals surface area contributed by atoms with E-state index >= 15 is 0 Å². The summed E-state index contributed by atoms with van der Waals surface area (Å²) in [4.78, 5) is 0. The monoisotopic (exact) mass is 160 g/mol. The number of rotatable bonds is 0.